The maximum atomic E-state index is 13.0. The van der Waals surface area contributed by atoms with E-state index in [0.29, 0.717) is 17.7 Å². The molecule has 2 fully saturated rings. The molecule has 3 aliphatic rings. The molecule has 26 heavy (non-hydrogen) atoms. The van der Waals surface area contributed by atoms with Gasteiger partial charge in [0.05, 0.1) is 11.1 Å². The number of nitrogens with two attached hydrogens (primary N) is 1. The highest BCUT2D eigenvalue weighted by Crippen LogP contribution is 2.30. The Morgan fingerprint density at radius 1 is 1.12 bits per heavy atom. The van der Waals surface area contributed by atoms with E-state index in [-0.39, 0.29) is 24.8 Å². The number of likely N-dealkylation sites (tertiary alicyclic amines) is 1. The molecular formula is C18H20N4O4. The monoisotopic (exact) mass is 356 g/mol. The van der Waals surface area contributed by atoms with Crippen molar-refractivity contribution in [1.82, 2.24) is 15.1 Å². The summed E-state index contributed by atoms with van der Waals surface area (Å²) in [5.41, 5.74) is 7.40. The number of rotatable bonds is 3. The van der Waals surface area contributed by atoms with Crippen LogP contribution in [0.1, 0.15) is 45.5 Å². The Morgan fingerprint density at radius 2 is 1.92 bits per heavy atom. The van der Waals surface area contributed by atoms with Crippen LogP contribution >= 0.6 is 0 Å². The number of hydrogen-bond donors (Lipinski definition) is 2. The van der Waals surface area contributed by atoms with Crippen molar-refractivity contribution in [3.05, 3.63) is 34.9 Å². The highest BCUT2D eigenvalue weighted by molar-refractivity contribution is 6.24. The quantitative estimate of drug-likeness (QED) is 0.714. The van der Waals surface area contributed by atoms with E-state index < -0.39 is 23.8 Å². The van der Waals surface area contributed by atoms with Gasteiger partial charge in [0.15, 0.2) is 0 Å². The van der Waals surface area contributed by atoms with Crippen molar-refractivity contribution in [2.75, 3.05) is 13.1 Å². The van der Waals surface area contributed by atoms with Crippen molar-refractivity contribution in [3.8, 4) is 0 Å². The number of piperidine rings is 1. The first-order chi connectivity index (χ1) is 12.5. The number of benzene rings is 1. The molecule has 0 aliphatic carbocycles. The van der Waals surface area contributed by atoms with Crippen LogP contribution in [0.5, 0.6) is 0 Å². The topological polar surface area (TPSA) is 113 Å². The molecule has 0 bridgehead atoms. The standard InChI is InChI=1S/C18H20N4O4/c19-11-6-7-21(9-11)8-10-2-1-3-12-15(10)18(26)22(17(12)25)13-4-5-14(23)20-16(13)24/h1-3,11,13H,4-9,19H2,(H,20,23,24)/t11-,13?/m0/s1. The highest BCUT2D eigenvalue weighted by Gasteiger charge is 2.45. The lowest BCUT2D eigenvalue weighted by Gasteiger charge is -2.28. The van der Waals surface area contributed by atoms with Crippen molar-refractivity contribution in [2.24, 2.45) is 5.73 Å². The Bertz CT molecular complexity index is 821. The van der Waals surface area contributed by atoms with E-state index in [1.54, 1.807) is 12.1 Å². The molecule has 136 valence electrons. The molecule has 4 amide bonds. The van der Waals surface area contributed by atoms with E-state index in [4.69, 9.17) is 5.73 Å². The van der Waals surface area contributed by atoms with E-state index in [1.165, 1.54) is 0 Å². The van der Waals surface area contributed by atoms with E-state index in [9.17, 15) is 19.2 Å². The van der Waals surface area contributed by atoms with Gasteiger partial charge in [0.25, 0.3) is 11.8 Å². The molecule has 8 nitrogen and oxygen atoms in total. The normalized spacial score (nSPS) is 26.4. The zero-order chi connectivity index (χ0) is 18.4. The van der Waals surface area contributed by atoms with Gasteiger partial charge < -0.3 is 5.73 Å². The number of amides is 4. The van der Waals surface area contributed by atoms with Gasteiger partial charge in [0, 0.05) is 32.1 Å². The minimum absolute atomic E-state index is 0.113. The molecule has 1 aromatic carbocycles. The van der Waals surface area contributed by atoms with Crippen molar-refractivity contribution < 1.29 is 19.2 Å². The third-order valence-electron chi connectivity index (χ3n) is 5.26. The van der Waals surface area contributed by atoms with Crippen LogP contribution in [0.4, 0.5) is 0 Å². The van der Waals surface area contributed by atoms with Crippen LogP contribution in [-0.2, 0) is 16.1 Å². The summed E-state index contributed by atoms with van der Waals surface area (Å²) >= 11 is 0. The number of hydrogen-bond acceptors (Lipinski definition) is 6. The molecule has 1 unspecified atom stereocenters. The predicted octanol–water partition coefficient (Wildman–Crippen LogP) is -0.379. The molecule has 2 saturated heterocycles. The Labute approximate surface area is 150 Å². The minimum atomic E-state index is -0.937. The summed E-state index contributed by atoms with van der Waals surface area (Å²) in [5.74, 6) is -1.91. The molecule has 0 radical (unpaired) electrons. The maximum Gasteiger partial charge on any atom is 0.262 e. The summed E-state index contributed by atoms with van der Waals surface area (Å²) in [6, 6.07) is 4.39. The molecule has 3 heterocycles. The van der Waals surface area contributed by atoms with Gasteiger partial charge in [-0.25, -0.2) is 0 Å². The molecule has 0 saturated carbocycles. The summed E-state index contributed by atoms with van der Waals surface area (Å²) in [5, 5.41) is 2.21. The summed E-state index contributed by atoms with van der Waals surface area (Å²) in [4.78, 5) is 52.4. The lowest BCUT2D eigenvalue weighted by atomic mass is 10.0. The molecule has 0 aromatic heterocycles. The molecule has 3 aliphatic heterocycles. The number of carbonyl (C=O) groups excluding carboxylic acids is 4. The highest BCUT2D eigenvalue weighted by atomic mass is 16.2. The molecular weight excluding hydrogens is 336 g/mol. The van der Waals surface area contributed by atoms with Gasteiger partial charge >= 0.3 is 0 Å². The predicted molar refractivity (Wildman–Crippen MR) is 91.0 cm³/mol. The van der Waals surface area contributed by atoms with E-state index in [0.717, 1.165) is 30.0 Å². The van der Waals surface area contributed by atoms with Gasteiger partial charge in [0.1, 0.15) is 6.04 Å². The van der Waals surface area contributed by atoms with Crippen molar-refractivity contribution >= 4 is 23.6 Å². The van der Waals surface area contributed by atoms with E-state index in [1.807, 2.05) is 6.07 Å². The summed E-state index contributed by atoms with van der Waals surface area (Å²) < 4.78 is 0. The summed E-state index contributed by atoms with van der Waals surface area (Å²) in [6.45, 7) is 2.14. The van der Waals surface area contributed by atoms with Crippen molar-refractivity contribution in [2.45, 2.75) is 37.9 Å². The Morgan fingerprint density at radius 3 is 2.62 bits per heavy atom. The van der Waals surface area contributed by atoms with Crippen LogP contribution in [0.3, 0.4) is 0 Å². The molecule has 4 rings (SSSR count). The first-order valence-electron chi connectivity index (χ1n) is 8.77. The van der Waals surface area contributed by atoms with Gasteiger partial charge in [-0.3, -0.25) is 34.3 Å². The number of nitrogens with zero attached hydrogens (tertiary/aromatic N) is 2. The van der Waals surface area contributed by atoms with Gasteiger partial charge in [0.2, 0.25) is 11.8 Å². The fourth-order valence-electron chi connectivity index (χ4n) is 3.96. The SMILES string of the molecule is N[C@H]1CCN(Cc2cccc3c2C(=O)N(C2CCC(=O)NC2=O)C3=O)C1. The van der Waals surface area contributed by atoms with Crippen LogP contribution in [0, 0.1) is 0 Å². The number of imide groups is 2. The molecule has 2 atom stereocenters. The van der Waals surface area contributed by atoms with E-state index in [2.05, 4.69) is 10.2 Å². The average Bonchev–Trinajstić information content (AvgIpc) is 3.11. The largest absolute Gasteiger partial charge is 0.326 e. The van der Waals surface area contributed by atoms with Crippen LogP contribution in [0.15, 0.2) is 18.2 Å². The Balaban J connectivity index is 1.63. The first kappa shape index (κ1) is 16.9. The fraction of sp³-hybridized carbons (Fsp3) is 0.444. The summed E-state index contributed by atoms with van der Waals surface area (Å²) in [6.07, 6.45) is 1.18. The van der Waals surface area contributed by atoms with Crippen LogP contribution < -0.4 is 11.1 Å². The maximum absolute atomic E-state index is 13.0. The fourth-order valence-corrected chi connectivity index (χ4v) is 3.96. The van der Waals surface area contributed by atoms with Gasteiger partial charge in [-0.05, 0) is 24.5 Å². The zero-order valence-corrected chi connectivity index (χ0v) is 14.2. The summed E-state index contributed by atoms with van der Waals surface area (Å²) in [7, 11) is 0. The average molecular weight is 356 g/mol. The minimum Gasteiger partial charge on any atom is -0.326 e. The van der Waals surface area contributed by atoms with Gasteiger partial charge in [-0.2, -0.15) is 0 Å². The smallest absolute Gasteiger partial charge is 0.262 e. The van der Waals surface area contributed by atoms with Crippen LogP contribution in [-0.4, -0.2) is 58.6 Å². The third kappa shape index (κ3) is 2.71. The second-order valence-corrected chi connectivity index (χ2v) is 7.07. The lowest BCUT2D eigenvalue weighted by molar-refractivity contribution is -0.136. The second kappa shape index (κ2) is 6.30. The lowest BCUT2D eigenvalue weighted by Crippen LogP contribution is -2.54. The Hall–Kier alpha value is -2.58. The number of carbonyl (C=O) groups is 4. The molecule has 1 aromatic rings. The molecule has 0 spiro atoms. The number of nitrogens with one attached hydrogen (secondary N) is 1. The number of fused-ring (bicyclic) bond motifs is 1. The van der Waals surface area contributed by atoms with Gasteiger partial charge in [-0.1, -0.05) is 12.1 Å². The Kier molecular flexibility index (Phi) is 4.08. The molecule has 8 heteroatoms. The van der Waals surface area contributed by atoms with Crippen LogP contribution in [0.25, 0.3) is 0 Å². The zero-order valence-electron chi connectivity index (χ0n) is 14.2. The second-order valence-electron chi connectivity index (χ2n) is 7.07. The van der Waals surface area contributed by atoms with E-state index >= 15 is 0 Å². The third-order valence-corrected chi connectivity index (χ3v) is 5.26. The van der Waals surface area contributed by atoms with Crippen molar-refractivity contribution in [1.29, 1.82) is 0 Å². The van der Waals surface area contributed by atoms with Crippen molar-refractivity contribution in [3.63, 3.8) is 0 Å². The first-order valence-corrected chi connectivity index (χ1v) is 8.77. The van der Waals surface area contributed by atoms with Crippen LogP contribution in [0.2, 0.25) is 0 Å². The molecule has 3 N–H and O–H groups in total. The van der Waals surface area contributed by atoms with Gasteiger partial charge in [-0.15, -0.1) is 0 Å².